The molecule has 0 aliphatic carbocycles. The molecule has 1 aromatic heterocycles. The van der Waals surface area contributed by atoms with Gasteiger partial charge >= 0.3 is 0 Å². The van der Waals surface area contributed by atoms with Crippen molar-refractivity contribution in [2.24, 2.45) is 0 Å². The molecule has 1 rings (SSSR count). The Kier molecular flexibility index (Phi) is 6.43. The van der Waals surface area contributed by atoms with Gasteiger partial charge in [-0.2, -0.15) is 4.98 Å². The van der Waals surface area contributed by atoms with Gasteiger partial charge in [-0.15, -0.1) is 0 Å². The van der Waals surface area contributed by atoms with Crippen LogP contribution in [0.2, 0.25) is 0 Å². The molecule has 0 aliphatic rings. The van der Waals surface area contributed by atoms with E-state index in [1.54, 1.807) is 0 Å². The lowest BCUT2D eigenvalue weighted by molar-refractivity contribution is 0.0870. The third-order valence-corrected chi connectivity index (χ3v) is 2.35. The van der Waals surface area contributed by atoms with E-state index in [9.17, 15) is 0 Å². The normalized spacial score (nSPS) is 10.7. The van der Waals surface area contributed by atoms with Crippen molar-refractivity contribution >= 4 is 11.8 Å². The maximum absolute atomic E-state index is 5.48. The maximum atomic E-state index is 5.48. The molecule has 0 aromatic carbocycles. The van der Waals surface area contributed by atoms with Crippen LogP contribution >= 0.6 is 0 Å². The van der Waals surface area contributed by atoms with Crippen LogP contribution in [0, 0.1) is 6.92 Å². The second kappa shape index (κ2) is 7.87. The average Bonchev–Trinajstić information content (AvgIpc) is 2.34. The Bertz CT molecular complexity index is 355. The van der Waals surface area contributed by atoms with E-state index in [4.69, 9.17) is 4.74 Å². The van der Waals surface area contributed by atoms with Gasteiger partial charge in [-0.3, -0.25) is 0 Å². The van der Waals surface area contributed by atoms with E-state index in [1.807, 2.05) is 27.0 Å². The summed E-state index contributed by atoms with van der Waals surface area (Å²) in [5.41, 5.74) is 1.04. The molecule has 0 fully saturated rings. The summed E-state index contributed by atoms with van der Waals surface area (Å²) in [6.07, 6.45) is 3.15. The molecule has 1 heterocycles. The van der Waals surface area contributed by atoms with Crippen molar-refractivity contribution in [3.63, 3.8) is 0 Å². The topological polar surface area (TPSA) is 59.1 Å². The highest BCUT2D eigenvalue weighted by molar-refractivity contribution is 5.46. The first-order valence-electron chi connectivity index (χ1n) is 6.56. The third-order valence-electron chi connectivity index (χ3n) is 2.35. The zero-order chi connectivity index (χ0) is 13.4. The van der Waals surface area contributed by atoms with Crippen LogP contribution in [-0.2, 0) is 4.74 Å². The number of anilines is 2. The summed E-state index contributed by atoms with van der Waals surface area (Å²) in [6.45, 7) is 10.5. The Morgan fingerprint density at radius 2 is 2.06 bits per heavy atom. The lowest BCUT2D eigenvalue weighted by atomic mass is 10.3. The van der Waals surface area contributed by atoms with Crippen LogP contribution in [0.3, 0.4) is 0 Å². The van der Waals surface area contributed by atoms with Gasteiger partial charge in [0.1, 0.15) is 5.82 Å². The van der Waals surface area contributed by atoms with Gasteiger partial charge in [0.05, 0.1) is 12.7 Å². The zero-order valence-corrected chi connectivity index (χ0v) is 11.8. The molecule has 0 spiro atoms. The first-order valence-corrected chi connectivity index (χ1v) is 6.56. The first-order chi connectivity index (χ1) is 8.63. The minimum atomic E-state index is 0.264. The number of aryl methyl sites for hydroxylation is 1. The van der Waals surface area contributed by atoms with Crippen molar-refractivity contribution in [1.82, 2.24) is 9.97 Å². The van der Waals surface area contributed by atoms with Gasteiger partial charge in [0.25, 0.3) is 0 Å². The number of aromatic nitrogens is 2. The molecule has 0 saturated carbocycles. The molecule has 0 atom stereocenters. The van der Waals surface area contributed by atoms with E-state index in [0.29, 0.717) is 12.6 Å². The van der Waals surface area contributed by atoms with E-state index in [1.165, 1.54) is 0 Å². The molecular weight excluding hydrogens is 228 g/mol. The molecule has 102 valence electrons. The second-order valence-corrected chi connectivity index (χ2v) is 4.50. The van der Waals surface area contributed by atoms with Crippen LogP contribution in [0.25, 0.3) is 0 Å². The Labute approximate surface area is 109 Å². The first kappa shape index (κ1) is 14.7. The number of nitrogens with one attached hydrogen (secondary N) is 2. The Hall–Kier alpha value is -1.36. The third kappa shape index (κ3) is 5.31. The second-order valence-electron chi connectivity index (χ2n) is 4.50. The molecular formula is C13H24N4O. The van der Waals surface area contributed by atoms with Crippen LogP contribution in [0.5, 0.6) is 0 Å². The van der Waals surface area contributed by atoms with Gasteiger partial charge in [-0.25, -0.2) is 4.98 Å². The van der Waals surface area contributed by atoms with Gasteiger partial charge in [0, 0.05) is 24.8 Å². The van der Waals surface area contributed by atoms with E-state index in [-0.39, 0.29) is 6.10 Å². The van der Waals surface area contributed by atoms with Gasteiger partial charge in [-0.05, 0) is 27.2 Å². The molecule has 0 bridgehead atoms. The van der Waals surface area contributed by atoms with E-state index < -0.39 is 0 Å². The van der Waals surface area contributed by atoms with Crippen molar-refractivity contribution in [1.29, 1.82) is 0 Å². The quantitative estimate of drug-likeness (QED) is 0.696. The van der Waals surface area contributed by atoms with Crippen molar-refractivity contribution < 1.29 is 4.74 Å². The fourth-order valence-corrected chi connectivity index (χ4v) is 1.41. The number of nitrogens with zero attached hydrogens (tertiary/aromatic N) is 2. The van der Waals surface area contributed by atoms with Crippen molar-refractivity contribution in [3.8, 4) is 0 Å². The van der Waals surface area contributed by atoms with Gasteiger partial charge in [0.2, 0.25) is 5.95 Å². The minimum Gasteiger partial charge on any atom is -0.377 e. The predicted octanol–water partition coefficient (Wildman–Crippen LogP) is 2.44. The number of ether oxygens (including phenoxy) is 1. The van der Waals surface area contributed by atoms with Gasteiger partial charge in [0.15, 0.2) is 0 Å². The van der Waals surface area contributed by atoms with Crippen LogP contribution in [0.15, 0.2) is 6.20 Å². The van der Waals surface area contributed by atoms with E-state index >= 15 is 0 Å². The summed E-state index contributed by atoms with van der Waals surface area (Å²) in [5.74, 6) is 1.55. The minimum absolute atomic E-state index is 0.264. The Balaban J connectivity index is 2.47. The molecule has 5 nitrogen and oxygen atoms in total. The number of hydrogen-bond acceptors (Lipinski definition) is 5. The highest BCUT2D eigenvalue weighted by Gasteiger charge is 2.03. The monoisotopic (exact) mass is 252 g/mol. The van der Waals surface area contributed by atoms with Gasteiger partial charge < -0.3 is 15.4 Å². The molecule has 1 aromatic rings. The van der Waals surface area contributed by atoms with E-state index in [0.717, 1.165) is 30.9 Å². The molecule has 0 radical (unpaired) electrons. The van der Waals surface area contributed by atoms with Crippen LogP contribution in [0.4, 0.5) is 11.8 Å². The smallest absolute Gasteiger partial charge is 0.224 e. The SMILES string of the molecule is CCCNc1ncc(C)c(NCCOC(C)C)n1. The lowest BCUT2D eigenvalue weighted by Crippen LogP contribution is -2.15. The summed E-state index contributed by atoms with van der Waals surface area (Å²) in [5, 5.41) is 6.45. The molecule has 0 aliphatic heterocycles. The van der Waals surface area contributed by atoms with Crippen molar-refractivity contribution in [2.75, 3.05) is 30.3 Å². The molecule has 2 N–H and O–H groups in total. The van der Waals surface area contributed by atoms with Crippen LogP contribution in [-0.4, -0.2) is 35.8 Å². The number of rotatable bonds is 8. The van der Waals surface area contributed by atoms with Crippen LogP contribution < -0.4 is 10.6 Å². The highest BCUT2D eigenvalue weighted by Crippen LogP contribution is 2.12. The fourth-order valence-electron chi connectivity index (χ4n) is 1.41. The average molecular weight is 252 g/mol. The largest absolute Gasteiger partial charge is 0.377 e. The van der Waals surface area contributed by atoms with Crippen molar-refractivity contribution in [3.05, 3.63) is 11.8 Å². The summed E-state index contributed by atoms with van der Waals surface area (Å²) >= 11 is 0. The zero-order valence-electron chi connectivity index (χ0n) is 11.8. The summed E-state index contributed by atoms with van der Waals surface area (Å²) in [7, 11) is 0. The Morgan fingerprint density at radius 1 is 1.28 bits per heavy atom. The maximum Gasteiger partial charge on any atom is 0.224 e. The Morgan fingerprint density at radius 3 is 2.72 bits per heavy atom. The molecule has 0 saturated heterocycles. The number of hydrogen-bond donors (Lipinski definition) is 2. The standard InChI is InChI=1S/C13H24N4O/c1-5-6-15-13-16-9-11(4)12(17-13)14-7-8-18-10(2)3/h9-10H,5-8H2,1-4H3,(H2,14,15,16,17). The highest BCUT2D eigenvalue weighted by atomic mass is 16.5. The van der Waals surface area contributed by atoms with Crippen molar-refractivity contribution in [2.45, 2.75) is 40.2 Å². The molecule has 0 amide bonds. The predicted molar refractivity (Wildman–Crippen MR) is 75.1 cm³/mol. The summed E-state index contributed by atoms with van der Waals surface area (Å²) < 4.78 is 5.48. The summed E-state index contributed by atoms with van der Waals surface area (Å²) in [4.78, 5) is 8.68. The van der Waals surface area contributed by atoms with Gasteiger partial charge in [-0.1, -0.05) is 6.92 Å². The van der Waals surface area contributed by atoms with E-state index in [2.05, 4.69) is 27.5 Å². The molecule has 5 heteroatoms. The molecule has 0 unspecified atom stereocenters. The fraction of sp³-hybridized carbons (Fsp3) is 0.692. The van der Waals surface area contributed by atoms with Crippen LogP contribution in [0.1, 0.15) is 32.8 Å². The summed E-state index contributed by atoms with van der Waals surface area (Å²) in [6, 6.07) is 0. The molecule has 18 heavy (non-hydrogen) atoms. The lowest BCUT2D eigenvalue weighted by Gasteiger charge is -2.12.